The van der Waals surface area contributed by atoms with E-state index in [0.29, 0.717) is 41.1 Å². The minimum atomic E-state index is -0.0997. The third-order valence-electron chi connectivity index (χ3n) is 8.28. The second-order valence-corrected chi connectivity index (χ2v) is 10.9. The van der Waals surface area contributed by atoms with Crippen molar-refractivity contribution in [3.63, 3.8) is 0 Å². The van der Waals surface area contributed by atoms with Gasteiger partial charge in [0.05, 0.1) is 35.2 Å². The van der Waals surface area contributed by atoms with Crippen molar-refractivity contribution in [1.82, 2.24) is 20.2 Å². The summed E-state index contributed by atoms with van der Waals surface area (Å²) >= 11 is 0. The number of hydrogen-bond donors (Lipinski definition) is 1. The number of rotatable bonds is 9. The first-order valence-electron chi connectivity index (χ1n) is 14.2. The lowest BCUT2D eigenvalue weighted by Gasteiger charge is -2.42. The van der Waals surface area contributed by atoms with Crippen molar-refractivity contribution in [1.29, 1.82) is 5.26 Å². The fraction of sp³-hybridized carbons (Fsp3) is 0.438. The van der Waals surface area contributed by atoms with Crippen LogP contribution in [0.3, 0.4) is 0 Å². The number of carbonyl (C=O) groups is 1. The number of benzene rings is 2. The topological polar surface area (TPSA) is 94.4 Å². The lowest BCUT2D eigenvalue weighted by Crippen LogP contribution is -2.48. The van der Waals surface area contributed by atoms with Crippen molar-refractivity contribution >= 4 is 11.6 Å². The molecule has 5 rings (SSSR count). The Kier molecular flexibility index (Phi) is 8.61. The molecule has 1 saturated heterocycles. The van der Waals surface area contributed by atoms with Gasteiger partial charge in [-0.2, -0.15) is 5.26 Å². The zero-order valence-corrected chi connectivity index (χ0v) is 23.7. The third kappa shape index (κ3) is 6.26. The van der Waals surface area contributed by atoms with E-state index in [1.807, 2.05) is 32.0 Å². The average Bonchev–Trinajstić information content (AvgIpc) is 3.44. The molecule has 0 bridgehead atoms. The lowest BCUT2D eigenvalue weighted by atomic mass is 9.98. The Bertz CT molecular complexity index is 1370. The highest BCUT2D eigenvalue weighted by molar-refractivity contribution is 5.96. The number of nitriles is 1. The predicted octanol–water partition coefficient (Wildman–Crippen LogP) is 4.58. The minimum absolute atomic E-state index is 0.0997. The fourth-order valence-corrected chi connectivity index (χ4v) is 5.94. The van der Waals surface area contributed by atoms with E-state index in [-0.39, 0.29) is 5.91 Å². The molecule has 1 unspecified atom stereocenters. The van der Waals surface area contributed by atoms with Gasteiger partial charge in [-0.05, 0) is 81.5 Å². The van der Waals surface area contributed by atoms with Gasteiger partial charge in [-0.15, -0.1) is 0 Å². The number of carbonyl (C=O) groups excluding carboxylic acids is 1. The lowest BCUT2D eigenvalue weighted by molar-refractivity contribution is 0.0943. The maximum Gasteiger partial charge on any atom is 0.254 e. The van der Waals surface area contributed by atoms with Crippen LogP contribution in [0.4, 0.5) is 5.69 Å². The summed E-state index contributed by atoms with van der Waals surface area (Å²) in [4.78, 5) is 26.1. The Balaban J connectivity index is 1.20. The van der Waals surface area contributed by atoms with Crippen LogP contribution in [-0.4, -0.2) is 59.1 Å². The molecular formula is C32H38N6O2. The number of hydrogen-bond acceptors (Lipinski definition) is 7. The molecule has 2 aliphatic rings. The summed E-state index contributed by atoms with van der Waals surface area (Å²) in [7, 11) is 0. The molecule has 2 aliphatic heterocycles. The van der Waals surface area contributed by atoms with E-state index in [1.54, 1.807) is 0 Å². The Morgan fingerprint density at radius 1 is 1.18 bits per heavy atom. The van der Waals surface area contributed by atoms with E-state index in [0.717, 1.165) is 63.2 Å². The molecule has 8 nitrogen and oxygen atoms in total. The van der Waals surface area contributed by atoms with Crippen LogP contribution in [0.15, 0.2) is 48.8 Å². The van der Waals surface area contributed by atoms with Gasteiger partial charge in [-0.1, -0.05) is 12.1 Å². The first-order valence-corrected chi connectivity index (χ1v) is 14.2. The van der Waals surface area contributed by atoms with Gasteiger partial charge in [-0.25, -0.2) is 9.97 Å². The minimum Gasteiger partial charge on any atom is -0.493 e. The van der Waals surface area contributed by atoms with Gasteiger partial charge in [0.2, 0.25) is 0 Å². The monoisotopic (exact) mass is 538 g/mol. The van der Waals surface area contributed by atoms with Crippen LogP contribution in [0.2, 0.25) is 0 Å². The first kappa shape index (κ1) is 27.6. The summed E-state index contributed by atoms with van der Waals surface area (Å²) in [6.45, 7) is 10.1. The number of likely N-dealkylation sites (tertiary alicyclic amines) is 1. The van der Waals surface area contributed by atoms with Gasteiger partial charge in [-0.3, -0.25) is 4.79 Å². The molecule has 1 aromatic heterocycles. The molecule has 0 saturated carbocycles. The SMILES string of the molecule is Cc1ncnc(C)c1C(=O)NCCC(C)N1CCC(N(Cc2cccc(C#N)c2)c2ccc3c(c2)CCO3)CC1. The van der Waals surface area contributed by atoms with Gasteiger partial charge < -0.3 is 19.9 Å². The highest BCUT2D eigenvalue weighted by Gasteiger charge is 2.28. The number of aryl methyl sites for hydroxylation is 2. The van der Waals surface area contributed by atoms with Crippen LogP contribution < -0.4 is 15.0 Å². The molecule has 3 heterocycles. The molecular weight excluding hydrogens is 500 g/mol. The molecule has 1 atom stereocenters. The van der Waals surface area contributed by atoms with Crippen LogP contribution in [0.1, 0.15) is 64.6 Å². The fourth-order valence-electron chi connectivity index (χ4n) is 5.94. The molecule has 208 valence electrons. The summed E-state index contributed by atoms with van der Waals surface area (Å²) in [6.07, 6.45) is 5.45. The zero-order chi connectivity index (χ0) is 28.1. The van der Waals surface area contributed by atoms with Crippen molar-refractivity contribution in [3.8, 4) is 11.8 Å². The highest BCUT2D eigenvalue weighted by Crippen LogP contribution is 2.33. The number of piperidine rings is 1. The molecule has 1 N–H and O–H groups in total. The Morgan fingerprint density at radius 2 is 1.95 bits per heavy atom. The predicted molar refractivity (Wildman–Crippen MR) is 155 cm³/mol. The number of ether oxygens (including phenoxy) is 1. The van der Waals surface area contributed by atoms with Crippen molar-refractivity contribution in [3.05, 3.63) is 82.4 Å². The molecule has 8 heteroatoms. The quantitative estimate of drug-likeness (QED) is 0.426. The van der Waals surface area contributed by atoms with Gasteiger partial charge in [0.25, 0.3) is 5.91 Å². The van der Waals surface area contributed by atoms with E-state index in [2.05, 4.69) is 62.3 Å². The van der Waals surface area contributed by atoms with Crippen LogP contribution in [0.25, 0.3) is 0 Å². The maximum absolute atomic E-state index is 12.7. The molecule has 0 spiro atoms. The van der Waals surface area contributed by atoms with Crippen molar-refractivity contribution in [2.75, 3.05) is 31.1 Å². The molecule has 2 aromatic carbocycles. The first-order chi connectivity index (χ1) is 19.4. The van der Waals surface area contributed by atoms with Crippen LogP contribution >= 0.6 is 0 Å². The van der Waals surface area contributed by atoms with Gasteiger partial charge in [0.1, 0.15) is 12.1 Å². The Labute approximate surface area is 237 Å². The standard InChI is InChI=1S/C32H38N6O2/c1-22(9-13-34-32(39)31-23(2)35-21-36-24(31)3)37-14-10-28(11-15-37)38(20-26-6-4-5-25(17-26)19-33)29-7-8-30-27(18-29)12-16-40-30/h4-8,17-18,21-22,28H,9-16,20H2,1-3H3,(H,34,39). The van der Waals surface area contributed by atoms with E-state index in [4.69, 9.17) is 4.74 Å². The van der Waals surface area contributed by atoms with Crippen molar-refractivity contribution in [2.24, 2.45) is 0 Å². The maximum atomic E-state index is 12.7. The Morgan fingerprint density at radius 3 is 2.70 bits per heavy atom. The average molecular weight is 539 g/mol. The number of nitrogens with zero attached hydrogens (tertiary/aromatic N) is 5. The molecule has 1 amide bonds. The van der Waals surface area contributed by atoms with E-state index in [1.165, 1.54) is 17.6 Å². The largest absolute Gasteiger partial charge is 0.493 e. The summed E-state index contributed by atoms with van der Waals surface area (Å²) in [6, 6.07) is 17.6. The second kappa shape index (κ2) is 12.5. The van der Waals surface area contributed by atoms with Crippen LogP contribution in [0.5, 0.6) is 5.75 Å². The normalized spacial score (nSPS) is 16.1. The molecule has 0 aliphatic carbocycles. The van der Waals surface area contributed by atoms with Crippen LogP contribution in [-0.2, 0) is 13.0 Å². The summed E-state index contributed by atoms with van der Waals surface area (Å²) in [5.74, 6) is 0.897. The number of aromatic nitrogens is 2. The molecule has 0 radical (unpaired) electrons. The highest BCUT2D eigenvalue weighted by atomic mass is 16.5. The van der Waals surface area contributed by atoms with Gasteiger partial charge in [0.15, 0.2) is 0 Å². The molecule has 3 aromatic rings. The van der Waals surface area contributed by atoms with Crippen molar-refractivity contribution < 1.29 is 9.53 Å². The number of anilines is 1. The summed E-state index contributed by atoms with van der Waals surface area (Å²) in [5.41, 5.74) is 6.33. The summed E-state index contributed by atoms with van der Waals surface area (Å²) < 4.78 is 5.76. The van der Waals surface area contributed by atoms with E-state index in [9.17, 15) is 10.1 Å². The van der Waals surface area contributed by atoms with Gasteiger partial charge in [0, 0.05) is 50.4 Å². The Hall–Kier alpha value is -3.96. The summed E-state index contributed by atoms with van der Waals surface area (Å²) in [5, 5.41) is 12.5. The van der Waals surface area contributed by atoms with E-state index >= 15 is 0 Å². The molecule has 40 heavy (non-hydrogen) atoms. The zero-order valence-electron chi connectivity index (χ0n) is 23.7. The number of amides is 1. The van der Waals surface area contributed by atoms with Gasteiger partial charge >= 0.3 is 0 Å². The number of fused-ring (bicyclic) bond motifs is 1. The smallest absolute Gasteiger partial charge is 0.254 e. The third-order valence-corrected chi connectivity index (χ3v) is 8.28. The second-order valence-electron chi connectivity index (χ2n) is 10.9. The van der Waals surface area contributed by atoms with E-state index < -0.39 is 0 Å². The molecule has 1 fully saturated rings. The number of nitrogens with one attached hydrogen (secondary N) is 1. The van der Waals surface area contributed by atoms with Crippen molar-refractivity contribution in [2.45, 2.75) is 65.1 Å². The van der Waals surface area contributed by atoms with Crippen LogP contribution in [0, 0.1) is 25.2 Å².